The zero-order valence-corrected chi connectivity index (χ0v) is 11.8. The van der Waals surface area contributed by atoms with Gasteiger partial charge in [-0.15, -0.1) is 0 Å². The molecule has 0 aliphatic carbocycles. The van der Waals surface area contributed by atoms with Crippen molar-refractivity contribution in [2.45, 2.75) is 26.8 Å². The Balaban J connectivity index is 2.94. The fourth-order valence-corrected chi connectivity index (χ4v) is 1.60. The second-order valence-corrected chi connectivity index (χ2v) is 4.82. The lowest BCUT2D eigenvalue weighted by Gasteiger charge is -2.28. The third kappa shape index (κ3) is 4.08. The molecule has 1 atom stereocenters. The van der Waals surface area contributed by atoms with Gasteiger partial charge in [0, 0.05) is 31.0 Å². The molecule has 1 heterocycles. The summed E-state index contributed by atoms with van der Waals surface area (Å²) in [5, 5.41) is 8.66. The van der Waals surface area contributed by atoms with E-state index in [4.69, 9.17) is 5.11 Å². The number of nitrogens with zero attached hydrogens (tertiary/aromatic N) is 2. The van der Waals surface area contributed by atoms with Crippen LogP contribution in [0.4, 0.5) is 0 Å². The van der Waals surface area contributed by atoms with Crippen molar-refractivity contribution in [3.8, 4) is 11.8 Å². The normalized spacial score (nSPS) is 11.7. The standard InChI is InChI=1S/C15H20N2O2/c1-11(2)12(3)17(4)15(19)14-8-13(6-5-7-18)9-16-10-14/h8-12,18H,7H2,1-4H3. The summed E-state index contributed by atoms with van der Waals surface area (Å²) in [6, 6.07) is 1.85. The minimum atomic E-state index is -0.206. The first-order chi connectivity index (χ1) is 8.97. The highest BCUT2D eigenvalue weighted by atomic mass is 16.2. The van der Waals surface area contributed by atoms with Gasteiger partial charge in [-0.25, -0.2) is 0 Å². The van der Waals surface area contributed by atoms with Crippen LogP contribution in [0.3, 0.4) is 0 Å². The zero-order valence-electron chi connectivity index (χ0n) is 11.8. The fourth-order valence-electron chi connectivity index (χ4n) is 1.60. The van der Waals surface area contributed by atoms with Crippen LogP contribution in [-0.4, -0.2) is 40.6 Å². The lowest BCUT2D eigenvalue weighted by molar-refractivity contribution is 0.0706. The first kappa shape index (κ1) is 15.2. The van der Waals surface area contributed by atoms with Gasteiger partial charge < -0.3 is 10.0 Å². The van der Waals surface area contributed by atoms with Crippen molar-refractivity contribution in [2.75, 3.05) is 13.7 Å². The van der Waals surface area contributed by atoms with Crippen LogP contribution in [0.1, 0.15) is 36.7 Å². The molecule has 1 rings (SSSR count). The highest BCUT2D eigenvalue weighted by Gasteiger charge is 2.20. The molecule has 0 aliphatic rings. The zero-order chi connectivity index (χ0) is 14.4. The smallest absolute Gasteiger partial charge is 0.255 e. The van der Waals surface area contributed by atoms with Gasteiger partial charge in [0.2, 0.25) is 0 Å². The maximum Gasteiger partial charge on any atom is 0.255 e. The molecule has 0 aliphatic heterocycles. The van der Waals surface area contributed by atoms with E-state index in [0.717, 1.165) is 0 Å². The maximum absolute atomic E-state index is 12.3. The highest BCUT2D eigenvalue weighted by Crippen LogP contribution is 2.12. The molecule has 1 amide bonds. The number of aromatic nitrogens is 1. The van der Waals surface area contributed by atoms with Crippen molar-refractivity contribution < 1.29 is 9.90 Å². The third-order valence-corrected chi connectivity index (χ3v) is 3.19. The molecule has 102 valence electrons. The van der Waals surface area contributed by atoms with Crippen LogP contribution in [0.2, 0.25) is 0 Å². The van der Waals surface area contributed by atoms with Gasteiger partial charge in [0.05, 0.1) is 5.56 Å². The van der Waals surface area contributed by atoms with Crippen molar-refractivity contribution in [3.05, 3.63) is 29.6 Å². The number of hydrogen-bond acceptors (Lipinski definition) is 3. The Morgan fingerprint density at radius 2 is 2.11 bits per heavy atom. The highest BCUT2D eigenvalue weighted by molar-refractivity contribution is 5.94. The quantitative estimate of drug-likeness (QED) is 0.839. The Morgan fingerprint density at radius 3 is 2.68 bits per heavy atom. The van der Waals surface area contributed by atoms with Crippen LogP contribution in [0, 0.1) is 17.8 Å². The molecule has 19 heavy (non-hydrogen) atoms. The fraction of sp³-hybridized carbons (Fsp3) is 0.467. The van der Waals surface area contributed by atoms with E-state index in [2.05, 4.69) is 30.7 Å². The molecule has 0 fully saturated rings. The van der Waals surface area contributed by atoms with Crippen LogP contribution >= 0.6 is 0 Å². The van der Waals surface area contributed by atoms with E-state index < -0.39 is 0 Å². The largest absolute Gasteiger partial charge is 0.384 e. The average Bonchev–Trinajstić information content (AvgIpc) is 2.42. The predicted molar refractivity (Wildman–Crippen MR) is 74.6 cm³/mol. The summed E-state index contributed by atoms with van der Waals surface area (Å²) < 4.78 is 0. The number of pyridine rings is 1. The van der Waals surface area contributed by atoms with Gasteiger partial charge in [-0.1, -0.05) is 25.7 Å². The van der Waals surface area contributed by atoms with Gasteiger partial charge in [0.15, 0.2) is 0 Å². The van der Waals surface area contributed by atoms with Crippen molar-refractivity contribution in [3.63, 3.8) is 0 Å². The number of rotatable bonds is 3. The second-order valence-electron chi connectivity index (χ2n) is 4.82. The molecule has 4 heteroatoms. The molecule has 1 aromatic rings. The summed E-state index contributed by atoms with van der Waals surface area (Å²) in [5.41, 5.74) is 1.14. The topological polar surface area (TPSA) is 53.4 Å². The van der Waals surface area contributed by atoms with Gasteiger partial charge >= 0.3 is 0 Å². The van der Waals surface area contributed by atoms with Gasteiger partial charge in [-0.3, -0.25) is 9.78 Å². The van der Waals surface area contributed by atoms with E-state index in [1.54, 1.807) is 24.2 Å². The number of carbonyl (C=O) groups excluding carboxylic acids is 1. The van der Waals surface area contributed by atoms with Gasteiger partial charge in [0.1, 0.15) is 6.61 Å². The number of amides is 1. The molecule has 0 spiro atoms. The van der Waals surface area contributed by atoms with Crippen LogP contribution < -0.4 is 0 Å². The number of hydrogen-bond donors (Lipinski definition) is 1. The van der Waals surface area contributed by atoms with Crippen molar-refractivity contribution in [1.82, 2.24) is 9.88 Å². The molecule has 0 aromatic carbocycles. The average molecular weight is 260 g/mol. The molecule has 0 saturated carbocycles. The Hall–Kier alpha value is -1.86. The van der Waals surface area contributed by atoms with Gasteiger partial charge in [-0.2, -0.15) is 0 Å². The molecule has 1 aromatic heterocycles. The molecule has 0 bridgehead atoms. The maximum atomic E-state index is 12.3. The SMILES string of the molecule is CC(C)C(C)N(C)C(=O)c1cncc(C#CCO)c1. The molecule has 4 nitrogen and oxygen atoms in total. The monoisotopic (exact) mass is 260 g/mol. The molecule has 0 radical (unpaired) electrons. The number of carbonyl (C=O) groups is 1. The summed E-state index contributed by atoms with van der Waals surface area (Å²) >= 11 is 0. The Labute approximate surface area is 114 Å². The number of aliphatic hydroxyl groups is 1. The third-order valence-electron chi connectivity index (χ3n) is 3.19. The van der Waals surface area contributed by atoms with Crippen molar-refractivity contribution >= 4 is 5.91 Å². The van der Waals surface area contributed by atoms with E-state index in [1.165, 1.54) is 6.20 Å². The molecular formula is C15H20N2O2. The van der Waals surface area contributed by atoms with Crippen LogP contribution in [0.5, 0.6) is 0 Å². The summed E-state index contributed by atoms with van der Waals surface area (Å²) in [5.74, 6) is 5.61. The minimum absolute atomic E-state index is 0.0682. The molecule has 0 saturated heterocycles. The lowest BCUT2D eigenvalue weighted by atomic mass is 10.0. The molecular weight excluding hydrogens is 240 g/mol. The van der Waals surface area contributed by atoms with E-state index in [-0.39, 0.29) is 18.6 Å². The Bertz CT molecular complexity index is 500. The lowest BCUT2D eigenvalue weighted by Crippen LogP contribution is -2.38. The Morgan fingerprint density at radius 1 is 1.42 bits per heavy atom. The van der Waals surface area contributed by atoms with Crippen LogP contribution in [0.15, 0.2) is 18.5 Å². The molecule has 1 unspecified atom stereocenters. The predicted octanol–water partition coefficient (Wildman–Crippen LogP) is 1.54. The van der Waals surface area contributed by atoms with Gasteiger partial charge in [-0.05, 0) is 18.9 Å². The summed E-state index contributed by atoms with van der Waals surface area (Å²) in [4.78, 5) is 18.0. The minimum Gasteiger partial charge on any atom is -0.384 e. The summed E-state index contributed by atoms with van der Waals surface area (Å²) in [7, 11) is 1.79. The Kier molecular flexibility index (Phi) is 5.53. The van der Waals surface area contributed by atoms with Crippen molar-refractivity contribution in [2.24, 2.45) is 5.92 Å². The van der Waals surface area contributed by atoms with Crippen molar-refractivity contribution in [1.29, 1.82) is 0 Å². The first-order valence-electron chi connectivity index (χ1n) is 6.29. The van der Waals surface area contributed by atoms with E-state index >= 15 is 0 Å². The van der Waals surface area contributed by atoms with Gasteiger partial charge in [0.25, 0.3) is 5.91 Å². The summed E-state index contributed by atoms with van der Waals surface area (Å²) in [6.45, 7) is 5.97. The summed E-state index contributed by atoms with van der Waals surface area (Å²) in [6.07, 6.45) is 3.11. The van der Waals surface area contributed by atoms with Crippen LogP contribution in [-0.2, 0) is 0 Å². The van der Waals surface area contributed by atoms with E-state index in [0.29, 0.717) is 17.0 Å². The van der Waals surface area contributed by atoms with E-state index in [9.17, 15) is 4.79 Å². The second kappa shape index (κ2) is 6.91. The van der Waals surface area contributed by atoms with E-state index in [1.807, 2.05) is 6.92 Å². The number of aliphatic hydroxyl groups excluding tert-OH is 1. The first-order valence-corrected chi connectivity index (χ1v) is 6.29. The molecule has 1 N–H and O–H groups in total. The van der Waals surface area contributed by atoms with Crippen LogP contribution in [0.25, 0.3) is 0 Å².